The summed E-state index contributed by atoms with van der Waals surface area (Å²) in [5, 5.41) is 4.40. The molecule has 0 spiro atoms. The Hall–Kier alpha value is -2.44. The van der Waals surface area contributed by atoms with Gasteiger partial charge in [0, 0.05) is 32.0 Å². The van der Waals surface area contributed by atoms with Crippen LogP contribution in [0, 0.1) is 12.7 Å². The van der Waals surface area contributed by atoms with Crippen molar-refractivity contribution < 1.29 is 4.39 Å². The van der Waals surface area contributed by atoms with Crippen molar-refractivity contribution in [2.75, 3.05) is 11.9 Å². The van der Waals surface area contributed by atoms with Crippen molar-refractivity contribution in [2.45, 2.75) is 26.4 Å². The number of rotatable bonds is 7. The van der Waals surface area contributed by atoms with E-state index in [9.17, 15) is 4.39 Å². The fraction of sp³-hybridized carbons (Fsp3) is 0.238. The molecule has 1 N–H and O–H groups in total. The van der Waals surface area contributed by atoms with E-state index in [4.69, 9.17) is 23.8 Å². The average molecular weight is 417 g/mol. The molecule has 3 aromatic rings. The zero-order valence-electron chi connectivity index (χ0n) is 15.6. The summed E-state index contributed by atoms with van der Waals surface area (Å²) < 4.78 is 15.6. The molecule has 3 rings (SSSR count). The van der Waals surface area contributed by atoms with Gasteiger partial charge in [-0.1, -0.05) is 29.8 Å². The third-order valence-corrected chi connectivity index (χ3v) is 4.99. The van der Waals surface area contributed by atoms with Gasteiger partial charge in [0.25, 0.3) is 0 Å². The van der Waals surface area contributed by atoms with Gasteiger partial charge in [0.05, 0.1) is 17.0 Å². The van der Waals surface area contributed by atoms with Gasteiger partial charge in [-0.25, -0.2) is 9.37 Å². The Labute approximate surface area is 175 Å². The Balaban J connectivity index is 1.70. The Kier molecular flexibility index (Phi) is 7.01. The maximum atomic E-state index is 13.6. The van der Waals surface area contributed by atoms with E-state index in [1.807, 2.05) is 46.9 Å². The Morgan fingerprint density at radius 1 is 1.29 bits per heavy atom. The molecule has 0 saturated carbocycles. The summed E-state index contributed by atoms with van der Waals surface area (Å²) in [4.78, 5) is 6.09. The van der Waals surface area contributed by atoms with Gasteiger partial charge in [-0.3, -0.25) is 0 Å². The molecule has 0 aliphatic carbocycles. The van der Waals surface area contributed by atoms with Crippen LogP contribution in [0.5, 0.6) is 0 Å². The van der Waals surface area contributed by atoms with Gasteiger partial charge in [-0.05, 0) is 61.0 Å². The number of halogens is 2. The molecule has 1 aromatic heterocycles. The highest BCUT2D eigenvalue weighted by atomic mass is 35.5. The van der Waals surface area contributed by atoms with Crippen molar-refractivity contribution in [3.63, 3.8) is 0 Å². The van der Waals surface area contributed by atoms with Crippen molar-refractivity contribution in [3.05, 3.63) is 83.2 Å². The molecule has 0 aliphatic heterocycles. The van der Waals surface area contributed by atoms with E-state index in [1.165, 1.54) is 12.1 Å². The van der Waals surface area contributed by atoms with Gasteiger partial charge in [0.2, 0.25) is 0 Å². The lowest BCUT2D eigenvalue weighted by Crippen LogP contribution is -2.35. The number of imidazole rings is 1. The Bertz CT molecular complexity index is 930. The highest BCUT2D eigenvalue weighted by Gasteiger charge is 2.13. The van der Waals surface area contributed by atoms with E-state index >= 15 is 0 Å². The number of anilines is 1. The van der Waals surface area contributed by atoms with Crippen LogP contribution in [0.3, 0.4) is 0 Å². The minimum absolute atomic E-state index is 0.253. The van der Waals surface area contributed by atoms with Crippen LogP contribution in [0.1, 0.15) is 17.5 Å². The lowest BCUT2D eigenvalue weighted by atomic mass is 10.2. The van der Waals surface area contributed by atoms with E-state index in [0.29, 0.717) is 23.2 Å². The van der Waals surface area contributed by atoms with Crippen LogP contribution in [-0.2, 0) is 13.1 Å². The summed E-state index contributed by atoms with van der Waals surface area (Å²) >= 11 is 12.0. The molecule has 7 heteroatoms. The molecule has 0 radical (unpaired) electrons. The minimum Gasteiger partial charge on any atom is -0.345 e. The number of nitrogens with one attached hydrogen (secondary N) is 1. The van der Waals surface area contributed by atoms with E-state index in [0.717, 1.165) is 29.8 Å². The van der Waals surface area contributed by atoms with Gasteiger partial charge in [0.15, 0.2) is 5.11 Å². The number of hydrogen-bond acceptors (Lipinski definition) is 2. The van der Waals surface area contributed by atoms with Crippen LogP contribution in [0.4, 0.5) is 10.1 Å². The Morgan fingerprint density at radius 2 is 2.14 bits per heavy atom. The first-order valence-electron chi connectivity index (χ1n) is 9.03. The zero-order valence-corrected chi connectivity index (χ0v) is 17.2. The molecule has 28 heavy (non-hydrogen) atoms. The van der Waals surface area contributed by atoms with Crippen molar-refractivity contribution in [1.29, 1.82) is 0 Å². The first kappa shape index (κ1) is 20.3. The van der Waals surface area contributed by atoms with Crippen LogP contribution in [0.25, 0.3) is 0 Å². The van der Waals surface area contributed by atoms with Crippen LogP contribution >= 0.6 is 23.8 Å². The summed E-state index contributed by atoms with van der Waals surface area (Å²) in [5.41, 5.74) is 2.70. The first-order chi connectivity index (χ1) is 13.5. The topological polar surface area (TPSA) is 33.1 Å². The van der Waals surface area contributed by atoms with Crippen molar-refractivity contribution in [1.82, 2.24) is 14.5 Å². The second-order valence-electron chi connectivity index (χ2n) is 6.62. The molecule has 1 heterocycles. The van der Waals surface area contributed by atoms with Crippen LogP contribution in [0.2, 0.25) is 5.02 Å². The number of hydrogen-bond donors (Lipinski definition) is 1. The monoisotopic (exact) mass is 416 g/mol. The maximum Gasteiger partial charge on any atom is 0.173 e. The number of nitrogens with zero attached hydrogens (tertiary/aromatic N) is 3. The molecular weight excluding hydrogens is 395 g/mol. The SMILES string of the molecule is Cc1ccc(NC(=S)N(CCCn2ccnc2)Cc2cccc(F)c2)c(Cl)c1. The zero-order chi connectivity index (χ0) is 19.9. The smallest absolute Gasteiger partial charge is 0.173 e. The minimum atomic E-state index is -0.253. The quantitative estimate of drug-likeness (QED) is 0.531. The van der Waals surface area contributed by atoms with Crippen LogP contribution in [0.15, 0.2) is 61.2 Å². The van der Waals surface area contributed by atoms with Gasteiger partial charge in [-0.15, -0.1) is 0 Å². The Morgan fingerprint density at radius 3 is 2.86 bits per heavy atom. The predicted molar refractivity (Wildman–Crippen MR) is 116 cm³/mol. The van der Waals surface area contributed by atoms with Crippen molar-refractivity contribution >= 4 is 34.6 Å². The van der Waals surface area contributed by atoms with E-state index in [1.54, 1.807) is 18.6 Å². The number of aromatic nitrogens is 2. The van der Waals surface area contributed by atoms with Crippen LogP contribution in [-0.4, -0.2) is 26.1 Å². The molecule has 0 bridgehead atoms. The summed E-state index contributed by atoms with van der Waals surface area (Å²) in [6.07, 6.45) is 6.35. The largest absolute Gasteiger partial charge is 0.345 e. The van der Waals surface area contributed by atoms with E-state index < -0.39 is 0 Å². The van der Waals surface area contributed by atoms with Crippen LogP contribution < -0.4 is 5.32 Å². The normalized spacial score (nSPS) is 10.7. The summed E-state index contributed by atoms with van der Waals surface area (Å²) in [7, 11) is 0. The molecule has 0 saturated heterocycles. The molecule has 0 aliphatic rings. The van der Waals surface area contributed by atoms with Gasteiger partial charge in [0.1, 0.15) is 5.82 Å². The molecule has 0 atom stereocenters. The summed E-state index contributed by atoms with van der Waals surface area (Å²) in [6.45, 7) is 4.04. The lowest BCUT2D eigenvalue weighted by Gasteiger charge is -2.26. The van der Waals surface area contributed by atoms with Gasteiger partial charge >= 0.3 is 0 Å². The number of benzene rings is 2. The maximum absolute atomic E-state index is 13.6. The second-order valence-corrected chi connectivity index (χ2v) is 7.41. The first-order valence-corrected chi connectivity index (χ1v) is 9.82. The fourth-order valence-electron chi connectivity index (χ4n) is 2.89. The summed E-state index contributed by atoms with van der Waals surface area (Å²) in [6, 6.07) is 12.4. The van der Waals surface area contributed by atoms with Crippen molar-refractivity contribution in [2.24, 2.45) is 0 Å². The number of aryl methyl sites for hydroxylation is 2. The lowest BCUT2D eigenvalue weighted by molar-refractivity contribution is 0.395. The third-order valence-electron chi connectivity index (χ3n) is 4.32. The second kappa shape index (κ2) is 9.66. The molecule has 146 valence electrons. The van der Waals surface area contributed by atoms with E-state index in [2.05, 4.69) is 10.3 Å². The highest BCUT2D eigenvalue weighted by molar-refractivity contribution is 7.80. The molecule has 0 amide bonds. The van der Waals surface area contributed by atoms with E-state index in [-0.39, 0.29) is 5.82 Å². The standard InChI is InChI=1S/C21H22ClFN4S/c1-16-6-7-20(19(22)12-16)25-21(28)27(10-3-9-26-11-8-24-15-26)14-17-4-2-5-18(23)13-17/h2,4-8,11-13,15H,3,9-10,14H2,1H3,(H,25,28). The number of thiocarbonyl (C=S) groups is 1. The predicted octanol–water partition coefficient (Wildman–Crippen LogP) is 5.27. The molecular formula is C21H22ClFN4S. The summed E-state index contributed by atoms with van der Waals surface area (Å²) in [5.74, 6) is -0.253. The average Bonchev–Trinajstić information content (AvgIpc) is 3.16. The highest BCUT2D eigenvalue weighted by Crippen LogP contribution is 2.23. The third kappa shape index (κ3) is 5.78. The molecule has 2 aromatic carbocycles. The van der Waals surface area contributed by atoms with Crippen molar-refractivity contribution in [3.8, 4) is 0 Å². The molecule has 4 nitrogen and oxygen atoms in total. The molecule has 0 fully saturated rings. The molecule has 0 unspecified atom stereocenters. The fourth-order valence-corrected chi connectivity index (χ4v) is 3.44. The van der Waals surface area contributed by atoms with Gasteiger partial charge < -0.3 is 14.8 Å². The van der Waals surface area contributed by atoms with Gasteiger partial charge in [-0.2, -0.15) is 0 Å².